The van der Waals surface area contributed by atoms with Gasteiger partial charge in [0.2, 0.25) is 5.72 Å². The quantitative estimate of drug-likeness (QED) is 0.693. The van der Waals surface area contributed by atoms with Crippen molar-refractivity contribution >= 4 is 6.29 Å². The summed E-state index contributed by atoms with van der Waals surface area (Å²) < 4.78 is 5.41. The molecule has 2 N–H and O–H groups in total. The third-order valence-electron chi connectivity index (χ3n) is 2.52. The van der Waals surface area contributed by atoms with Crippen molar-refractivity contribution in [3.05, 3.63) is 35.4 Å². The van der Waals surface area contributed by atoms with Gasteiger partial charge in [-0.1, -0.05) is 18.2 Å². The van der Waals surface area contributed by atoms with Crippen molar-refractivity contribution in [2.45, 2.75) is 12.3 Å². The van der Waals surface area contributed by atoms with Crippen LogP contribution in [-0.2, 0) is 21.9 Å². The highest BCUT2D eigenvalue weighted by Crippen LogP contribution is 2.24. The van der Waals surface area contributed by atoms with Gasteiger partial charge in [-0.2, -0.15) is 0 Å². The normalized spacial score (nSPS) is 25.4. The minimum Gasteiger partial charge on any atom is -0.392 e. The van der Waals surface area contributed by atoms with Crippen molar-refractivity contribution < 1.29 is 14.6 Å². The minimum absolute atomic E-state index is 0.0389. The summed E-state index contributed by atoms with van der Waals surface area (Å²) in [6.45, 7) is 1.13. The van der Waals surface area contributed by atoms with Crippen LogP contribution in [0.2, 0.25) is 0 Å². The van der Waals surface area contributed by atoms with E-state index >= 15 is 0 Å². The molecule has 1 heterocycles. The lowest BCUT2D eigenvalue weighted by molar-refractivity contribution is -0.128. The maximum atomic E-state index is 11.1. The number of aldehydes is 1. The second kappa shape index (κ2) is 4.10. The summed E-state index contributed by atoms with van der Waals surface area (Å²) in [5, 5.41) is 12.0. The number of hydrogen-bond acceptors (Lipinski definition) is 4. The molecule has 4 nitrogen and oxygen atoms in total. The number of ether oxygens (including phenoxy) is 1. The molecule has 4 heteroatoms. The molecule has 1 fully saturated rings. The number of nitrogens with one attached hydrogen (secondary N) is 1. The van der Waals surface area contributed by atoms with Gasteiger partial charge in [0.1, 0.15) is 0 Å². The monoisotopic (exact) mass is 207 g/mol. The van der Waals surface area contributed by atoms with E-state index in [-0.39, 0.29) is 6.61 Å². The molecule has 0 aromatic heterocycles. The van der Waals surface area contributed by atoms with E-state index in [9.17, 15) is 4.79 Å². The number of hydrogen-bond donors (Lipinski definition) is 2. The minimum atomic E-state index is -1.02. The molecule has 1 aliphatic rings. The van der Waals surface area contributed by atoms with Crippen molar-refractivity contribution in [3.8, 4) is 0 Å². The van der Waals surface area contributed by atoms with Crippen molar-refractivity contribution in [3.63, 3.8) is 0 Å². The van der Waals surface area contributed by atoms with Gasteiger partial charge in [0.15, 0.2) is 6.29 Å². The van der Waals surface area contributed by atoms with E-state index in [0.717, 1.165) is 17.4 Å². The summed E-state index contributed by atoms with van der Waals surface area (Å²) in [5.74, 6) is 0. The van der Waals surface area contributed by atoms with Crippen molar-refractivity contribution in [1.29, 1.82) is 0 Å². The average Bonchev–Trinajstić information content (AvgIpc) is 2.79. The van der Waals surface area contributed by atoms with Gasteiger partial charge in [-0.15, -0.1) is 0 Å². The van der Waals surface area contributed by atoms with E-state index in [1.165, 1.54) is 0 Å². The summed E-state index contributed by atoms with van der Waals surface area (Å²) in [7, 11) is 0. The van der Waals surface area contributed by atoms with Crippen molar-refractivity contribution in [1.82, 2.24) is 5.32 Å². The number of carbonyl (C=O) groups excluding carboxylic acids is 1. The van der Waals surface area contributed by atoms with Gasteiger partial charge in [0.05, 0.1) is 13.2 Å². The van der Waals surface area contributed by atoms with Crippen LogP contribution in [0.25, 0.3) is 0 Å². The summed E-state index contributed by atoms with van der Waals surface area (Å²) in [6, 6.07) is 7.19. The Kier molecular flexibility index (Phi) is 2.81. The predicted molar refractivity (Wildman–Crippen MR) is 54.1 cm³/mol. The Hall–Kier alpha value is -1.23. The van der Waals surface area contributed by atoms with Gasteiger partial charge in [-0.3, -0.25) is 10.1 Å². The Morgan fingerprint density at radius 1 is 1.60 bits per heavy atom. The number of aliphatic hydroxyl groups is 1. The maximum absolute atomic E-state index is 11.1. The topological polar surface area (TPSA) is 58.6 Å². The second-order valence-corrected chi connectivity index (χ2v) is 3.49. The van der Waals surface area contributed by atoms with Crippen LogP contribution in [0.15, 0.2) is 24.3 Å². The van der Waals surface area contributed by atoms with Crippen LogP contribution < -0.4 is 5.32 Å². The lowest BCUT2D eigenvalue weighted by Gasteiger charge is -2.22. The molecule has 1 saturated heterocycles. The summed E-state index contributed by atoms with van der Waals surface area (Å²) in [5.41, 5.74) is 0.484. The zero-order chi connectivity index (χ0) is 10.7. The molecule has 15 heavy (non-hydrogen) atoms. The first-order valence-corrected chi connectivity index (χ1v) is 4.86. The van der Waals surface area contributed by atoms with E-state index in [0.29, 0.717) is 13.2 Å². The highest BCUT2D eigenvalue weighted by molar-refractivity contribution is 5.66. The lowest BCUT2D eigenvalue weighted by atomic mass is 10.0. The lowest BCUT2D eigenvalue weighted by Crippen LogP contribution is -2.39. The second-order valence-electron chi connectivity index (χ2n) is 3.49. The first-order chi connectivity index (χ1) is 7.30. The fourth-order valence-corrected chi connectivity index (χ4v) is 1.73. The fourth-order valence-electron chi connectivity index (χ4n) is 1.73. The molecule has 0 saturated carbocycles. The molecule has 1 aromatic rings. The first-order valence-electron chi connectivity index (χ1n) is 4.86. The summed E-state index contributed by atoms with van der Waals surface area (Å²) >= 11 is 0. The van der Waals surface area contributed by atoms with Crippen molar-refractivity contribution in [2.75, 3.05) is 13.2 Å². The van der Waals surface area contributed by atoms with E-state index in [1.807, 2.05) is 6.07 Å². The summed E-state index contributed by atoms with van der Waals surface area (Å²) in [4.78, 5) is 11.1. The van der Waals surface area contributed by atoms with E-state index in [1.54, 1.807) is 18.2 Å². The van der Waals surface area contributed by atoms with Crippen LogP contribution in [0.1, 0.15) is 11.1 Å². The highest BCUT2D eigenvalue weighted by Gasteiger charge is 2.36. The van der Waals surface area contributed by atoms with Gasteiger partial charge in [-0.25, -0.2) is 0 Å². The molecule has 1 unspecified atom stereocenters. The maximum Gasteiger partial charge on any atom is 0.202 e. The Morgan fingerprint density at radius 2 is 2.47 bits per heavy atom. The standard InChI is InChI=1S/C11H13NO3/c13-7-9-2-1-3-10(6-9)11(8-14)12-4-5-15-11/h1-3,6,8,12-13H,4-5,7H2. The molecule has 2 rings (SSSR count). The van der Waals surface area contributed by atoms with Gasteiger partial charge in [0, 0.05) is 12.1 Å². The third kappa shape index (κ3) is 1.79. The molecule has 80 valence electrons. The van der Waals surface area contributed by atoms with E-state index in [2.05, 4.69) is 5.32 Å². The molecule has 0 spiro atoms. The van der Waals surface area contributed by atoms with E-state index < -0.39 is 5.72 Å². The smallest absolute Gasteiger partial charge is 0.202 e. The third-order valence-corrected chi connectivity index (χ3v) is 2.52. The largest absolute Gasteiger partial charge is 0.392 e. The van der Waals surface area contributed by atoms with Crippen LogP contribution >= 0.6 is 0 Å². The van der Waals surface area contributed by atoms with Crippen LogP contribution in [0.4, 0.5) is 0 Å². The van der Waals surface area contributed by atoms with Crippen molar-refractivity contribution in [2.24, 2.45) is 0 Å². The zero-order valence-corrected chi connectivity index (χ0v) is 8.27. The molecular weight excluding hydrogens is 194 g/mol. The van der Waals surface area contributed by atoms with Crippen LogP contribution in [0.3, 0.4) is 0 Å². The number of carbonyl (C=O) groups is 1. The first kappa shape index (κ1) is 10.3. The molecule has 1 aliphatic heterocycles. The zero-order valence-electron chi connectivity index (χ0n) is 8.27. The molecular formula is C11H13NO3. The Bertz CT molecular complexity index is 359. The Balaban J connectivity index is 2.37. The van der Waals surface area contributed by atoms with Gasteiger partial charge in [-0.05, 0) is 11.6 Å². The SMILES string of the molecule is O=CC1(c2cccc(CO)c2)NCCO1. The van der Waals surface area contributed by atoms with Crippen LogP contribution in [0, 0.1) is 0 Å². The highest BCUT2D eigenvalue weighted by atomic mass is 16.5. The molecule has 0 radical (unpaired) electrons. The summed E-state index contributed by atoms with van der Waals surface area (Å²) in [6.07, 6.45) is 0.760. The van der Waals surface area contributed by atoms with E-state index in [4.69, 9.17) is 9.84 Å². The van der Waals surface area contributed by atoms with Gasteiger partial charge >= 0.3 is 0 Å². The number of aliphatic hydroxyl groups excluding tert-OH is 1. The average molecular weight is 207 g/mol. The molecule has 0 bridgehead atoms. The molecule has 1 atom stereocenters. The number of rotatable bonds is 3. The molecule has 1 aromatic carbocycles. The Labute approximate surface area is 87.9 Å². The fraction of sp³-hybridized carbons (Fsp3) is 0.364. The van der Waals surface area contributed by atoms with Crippen LogP contribution in [0.5, 0.6) is 0 Å². The van der Waals surface area contributed by atoms with Gasteiger partial charge in [0.25, 0.3) is 0 Å². The predicted octanol–water partition coefficient (Wildman–Crippen LogP) is 0.150. The molecule has 0 aliphatic carbocycles. The van der Waals surface area contributed by atoms with Gasteiger partial charge < -0.3 is 9.84 Å². The number of benzene rings is 1. The molecule has 0 amide bonds. The van der Waals surface area contributed by atoms with Crippen LogP contribution in [-0.4, -0.2) is 24.5 Å². The Morgan fingerprint density at radius 3 is 3.07 bits per heavy atom.